The Balaban J connectivity index is 1.46. The number of carbonyl (C=O) groups excluding carboxylic acids is 1. The van der Waals surface area contributed by atoms with E-state index in [9.17, 15) is 4.79 Å². The fourth-order valence-electron chi connectivity index (χ4n) is 3.58. The van der Waals surface area contributed by atoms with Crippen molar-refractivity contribution in [1.82, 2.24) is 10.2 Å². The standard InChI is InChI=1S/C19H28N2O2/c1-19(2,3)23-18(22)21-10-6-8-16(21)13-20-12-15-11-14-7-4-5-9-17(14)15/h4-5,7,9,15-16,20H,6,8,10-13H2,1-3H3. The summed E-state index contributed by atoms with van der Waals surface area (Å²) in [5.41, 5.74) is 2.54. The molecule has 1 aromatic rings. The Labute approximate surface area is 139 Å². The minimum absolute atomic E-state index is 0.171. The van der Waals surface area contributed by atoms with Crippen LogP contribution >= 0.6 is 0 Å². The summed E-state index contributed by atoms with van der Waals surface area (Å²) in [4.78, 5) is 14.2. The largest absolute Gasteiger partial charge is 0.444 e. The second-order valence-corrected chi connectivity index (χ2v) is 7.73. The molecule has 4 heteroatoms. The summed E-state index contributed by atoms with van der Waals surface area (Å²) in [5.74, 6) is 0.627. The van der Waals surface area contributed by atoms with Crippen LogP contribution in [0.25, 0.3) is 0 Å². The van der Waals surface area contributed by atoms with Gasteiger partial charge in [-0.1, -0.05) is 24.3 Å². The van der Waals surface area contributed by atoms with Gasteiger partial charge in [0.25, 0.3) is 0 Å². The normalized spacial score (nSPS) is 23.3. The van der Waals surface area contributed by atoms with Gasteiger partial charge in [-0.3, -0.25) is 0 Å². The first-order chi connectivity index (χ1) is 10.9. The van der Waals surface area contributed by atoms with Crippen LogP contribution < -0.4 is 5.32 Å². The molecule has 1 fully saturated rings. The first kappa shape index (κ1) is 16.3. The van der Waals surface area contributed by atoms with Crippen molar-refractivity contribution in [2.45, 2.75) is 57.6 Å². The predicted octanol–water partition coefficient (Wildman–Crippen LogP) is 3.32. The van der Waals surface area contributed by atoms with E-state index in [0.29, 0.717) is 5.92 Å². The second kappa shape index (κ2) is 6.52. The third-order valence-corrected chi connectivity index (χ3v) is 4.74. The summed E-state index contributed by atoms with van der Waals surface area (Å²) in [6, 6.07) is 8.94. The lowest BCUT2D eigenvalue weighted by molar-refractivity contribution is 0.0226. The van der Waals surface area contributed by atoms with Crippen LogP contribution in [0.5, 0.6) is 0 Å². The van der Waals surface area contributed by atoms with Crippen molar-refractivity contribution >= 4 is 6.09 Å². The summed E-state index contributed by atoms with van der Waals surface area (Å²) in [7, 11) is 0. The molecular weight excluding hydrogens is 288 g/mol. The Kier molecular flexibility index (Phi) is 4.62. The van der Waals surface area contributed by atoms with Gasteiger partial charge in [0.15, 0.2) is 0 Å². The summed E-state index contributed by atoms with van der Waals surface area (Å²) in [5, 5.41) is 3.57. The molecular formula is C19H28N2O2. The van der Waals surface area contributed by atoms with Crippen LogP contribution in [-0.2, 0) is 11.2 Å². The van der Waals surface area contributed by atoms with Gasteiger partial charge in [0.1, 0.15) is 5.60 Å². The number of likely N-dealkylation sites (tertiary alicyclic amines) is 1. The topological polar surface area (TPSA) is 41.6 Å². The first-order valence-corrected chi connectivity index (χ1v) is 8.72. The number of hydrogen-bond acceptors (Lipinski definition) is 3. The second-order valence-electron chi connectivity index (χ2n) is 7.73. The van der Waals surface area contributed by atoms with Gasteiger partial charge in [-0.2, -0.15) is 0 Å². The maximum Gasteiger partial charge on any atom is 0.410 e. The molecule has 1 heterocycles. The van der Waals surface area contributed by atoms with Crippen LogP contribution in [0.3, 0.4) is 0 Å². The van der Waals surface area contributed by atoms with Crippen molar-refractivity contribution in [3.63, 3.8) is 0 Å². The minimum atomic E-state index is -0.423. The number of carbonyl (C=O) groups is 1. The van der Waals surface area contributed by atoms with Crippen molar-refractivity contribution in [3.05, 3.63) is 35.4 Å². The van der Waals surface area contributed by atoms with E-state index in [1.807, 2.05) is 25.7 Å². The molecule has 1 amide bonds. The van der Waals surface area contributed by atoms with E-state index < -0.39 is 5.60 Å². The zero-order chi connectivity index (χ0) is 16.4. The Hall–Kier alpha value is -1.55. The smallest absolute Gasteiger partial charge is 0.410 e. The highest BCUT2D eigenvalue weighted by atomic mass is 16.6. The zero-order valence-corrected chi connectivity index (χ0v) is 14.5. The van der Waals surface area contributed by atoms with Gasteiger partial charge in [-0.25, -0.2) is 4.79 Å². The maximum atomic E-state index is 12.3. The van der Waals surface area contributed by atoms with Crippen LogP contribution in [0.1, 0.15) is 50.7 Å². The Morgan fingerprint density at radius 2 is 2.09 bits per heavy atom. The summed E-state index contributed by atoms with van der Waals surface area (Å²) >= 11 is 0. The number of amides is 1. The summed E-state index contributed by atoms with van der Waals surface area (Å²) < 4.78 is 5.52. The van der Waals surface area contributed by atoms with Gasteiger partial charge < -0.3 is 15.0 Å². The van der Waals surface area contributed by atoms with Gasteiger partial charge >= 0.3 is 6.09 Å². The van der Waals surface area contributed by atoms with Crippen molar-refractivity contribution in [2.75, 3.05) is 19.6 Å². The lowest BCUT2D eigenvalue weighted by Gasteiger charge is -2.32. The monoisotopic (exact) mass is 316 g/mol. The van der Waals surface area contributed by atoms with E-state index in [1.165, 1.54) is 17.5 Å². The van der Waals surface area contributed by atoms with E-state index >= 15 is 0 Å². The van der Waals surface area contributed by atoms with Crippen molar-refractivity contribution in [2.24, 2.45) is 0 Å². The first-order valence-electron chi connectivity index (χ1n) is 8.72. The third-order valence-electron chi connectivity index (χ3n) is 4.74. The van der Waals surface area contributed by atoms with Gasteiger partial charge in [0, 0.05) is 31.6 Å². The molecule has 0 aromatic heterocycles. The van der Waals surface area contributed by atoms with Crippen LogP contribution in [-0.4, -0.2) is 42.3 Å². The molecule has 0 saturated carbocycles. The Bertz CT molecular complexity index is 565. The van der Waals surface area contributed by atoms with E-state index in [0.717, 1.165) is 32.5 Å². The number of hydrogen-bond donors (Lipinski definition) is 1. The van der Waals surface area contributed by atoms with Crippen LogP contribution in [0, 0.1) is 0 Å². The average Bonchev–Trinajstić information content (AvgIpc) is 2.90. The molecule has 1 N–H and O–H groups in total. The average molecular weight is 316 g/mol. The van der Waals surface area contributed by atoms with E-state index in [-0.39, 0.29) is 12.1 Å². The molecule has 0 radical (unpaired) electrons. The van der Waals surface area contributed by atoms with E-state index in [2.05, 4.69) is 29.6 Å². The number of rotatable bonds is 4. The number of nitrogens with one attached hydrogen (secondary N) is 1. The number of ether oxygens (including phenoxy) is 1. The molecule has 23 heavy (non-hydrogen) atoms. The zero-order valence-electron chi connectivity index (χ0n) is 14.5. The Morgan fingerprint density at radius 1 is 1.30 bits per heavy atom. The van der Waals surface area contributed by atoms with E-state index in [1.54, 1.807) is 0 Å². The summed E-state index contributed by atoms with van der Waals surface area (Å²) in [6.45, 7) is 8.42. The minimum Gasteiger partial charge on any atom is -0.444 e. The molecule has 126 valence electrons. The van der Waals surface area contributed by atoms with Crippen LogP contribution in [0.2, 0.25) is 0 Å². The molecule has 4 nitrogen and oxygen atoms in total. The lowest BCUT2D eigenvalue weighted by atomic mass is 9.77. The Morgan fingerprint density at radius 3 is 2.83 bits per heavy atom. The van der Waals surface area contributed by atoms with Crippen molar-refractivity contribution in [1.29, 1.82) is 0 Å². The van der Waals surface area contributed by atoms with Crippen LogP contribution in [0.4, 0.5) is 4.79 Å². The molecule has 2 aliphatic rings. The molecule has 1 aliphatic carbocycles. The van der Waals surface area contributed by atoms with Gasteiger partial charge in [-0.15, -0.1) is 0 Å². The number of benzene rings is 1. The third kappa shape index (κ3) is 3.86. The molecule has 1 aliphatic heterocycles. The van der Waals surface area contributed by atoms with Crippen LogP contribution in [0.15, 0.2) is 24.3 Å². The highest BCUT2D eigenvalue weighted by Gasteiger charge is 2.32. The number of fused-ring (bicyclic) bond motifs is 1. The SMILES string of the molecule is CC(C)(C)OC(=O)N1CCCC1CNCC1Cc2ccccc21. The lowest BCUT2D eigenvalue weighted by Crippen LogP contribution is -2.45. The quantitative estimate of drug-likeness (QED) is 0.926. The molecule has 0 bridgehead atoms. The predicted molar refractivity (Wildman–Crippen MR) is 91.7 cm³/mol. The highest BCUT2D eigenvalue weighted by Crippen LogP contribution is 2.34. The van der Waals surface area contributed by atoms with E-state index in [4.69, 9.17) is 4.74 Å². The molecule has 3 rings (SSSR count). The highest BCUT2D eigenvalue weighted by molar-refractivity contribution is 5.69. The van der Waals surface area contributed by atoms with Crippen molar-refractivity contribution < 1.29 is 9.53 Å². The molecule has 0 spiro atoms. The number of nitrogens with zero attached hydrogens (tertiary/aromatic N) is 1. The molecule has 2 unspecified atom stereocenters. The fourth-order valence-corrected chi connectivity index (χ4v) is 3.58. The molecule has 1 saturated heterocycles. The van der Waals surface area contributed by atoms with Gasteiger partial charge in [-0.05, 0) is 51.2 Å². The molecule has 1 aromatic carbocycles. The maximum absolute atomic E-state index is 12.3. The van der Waals surface area contributed by atoms with Gasteiger partial charge in [0.05, 0.1) is 0 Å². The fraction of sp³-hybridized carbons (Fsp3) is 0.632. The van der Waals surface area contributed by atoms with Crippen molar-refractivity contribution in [3.8, 4) is 0 Å². The molecule has 2 atom stereocenters. The van der Waals surface area contributed by atoms with Gasteiger partial charge in [0.2, 0.25) is 0 Å². The summed E-state index contributed by atoms with van der Waals surface area (Å²) in [6.07, 6.45) is 3.13.